The van der Waals surface area contributed by atoms with Crippen molar-refractivity contribution in [2.24, 2.45) is 13.0 Å². The molecule has 1 heterocycles. The van der Waals surface area contributed by atoms with Crippen LogP contribution in [0.4, 0.5) is 0 Å². The summed E-state index contributed by atoms with van der Waals surface area (Å²) in [6.45, 7) is 7.77. The molecular weight excluding hydrogens is 230 g/mol. The Kier molecular flexibility index (Phi) is 4.51. The fourth-order valence-electron chi connectivity index (χ4n) is 1.54. The van der Waals surface area contributed by atoms with Crippen LogP contribution in [-0.4, -0.2) is 32.9 Å². The van der Waals surface area contributed by atoms with Gasteiger partial charge in [-0.15, -0.1) is 0 Å². The Morgan fingerprint density at radius 1 is 1.61 bits per heavy atom. The van der Waals surface area contributed by atoms with Gasteiger partial charge in [0.2, 0.25) is 0 Å². The number of aromatic nitrogens is 2. The lowest BCUT2D eigenvalue weighted by Crippen LogP contribution is -2.44. The fourth-order valence-corrected chi connectivity index (χ4v) is 1.54. The quantitative estimate of drug-likeness (QED) is 0.826. The van der Waals surface area contributed by atoms with E-state index in [9.17, 15) is 9.90 Å². The molecule has 0 aliphatic carbocycles. The third-order valence-corrected chi connectivity index (χ3v) is 3.34. The van der Waals surface area contributed by atoms with Crippen LogP contribution in [0.1, 0.15) is 43.7 Å². The van der Waals surface area contributed by atoms with Crippen LogP contribution >= 0.6 is 0 Å². The van der Waals surface area contributed by atoms with Gasteiger partial charge in [0.25, 0.3) is 5.91 Å². The van der Waals surface area contributed by atoms with Crippen molar-refractivity contribution >= 4 is 5.91 Å². The monoisotopic (exact) mass is 253 g/mol. The minimum absolute atomic E-state index is 0.0809. The number of aryl methyl sites for hydroxylation is 2. The largest absolute Gasteiger partial charge is 0.388 e. The van der Waals surface area contributed by atoms with E-state index in [1.165, 1.54) is 0 Å². The van der Waals surface area contributed by atoms with E-state index in [2.05, 4.69) is 10.4 Å². The van der Waals surface area contributed by atoms with Crippen molar-refractivity contribution in [2.45, 2.75) is 39.7 Å². The SMILES string of the molecule is CCc1nn(C)cc1C(=O)NCC(C)(O)C(C)C. The van der Waals surface area contributed by atoms with Gasteiger partial charge in [0.1, 0.15) is 0 Å². The third kappa shape index (κ3) is 3.32. The van der Waals surface area contributed by atoms with Gasteiger partial charge in [-0.25, -0.2) is 0 Å². The molecule has 1 aromatic heterocycles. The average Bonchev–Trinajstić information content (AvgIpc) is 2.67. The molecule has 0 bridgehead atoms. The van der Waals surface area contributed by atoms with E-state index in [4.69, 9.17) is 0 Å². The van der Waals surface area contributed by atoms with Crippen molar-refractivity contribution in [1.29, 1.82) is 0 Å². The molecule has 18 heavy (non-hydrogen) atoms. The maximum atomic E-state index is 12.0. The predicted octanol–water partition coefficient (Wildman–Crippen LogP) is 1.12. The smallest absolute Gasteiger partial charge is 0.254 e. The Bertz CT molecular complexity index is 422. The second-order valence-corrected chi connectivity index (χ2v) is 5.21. The molecule has 5 nitrogen and oxygen atoms in total. The molecule has 0 radical (unpaired) electrons. The number of aliphatic hydroxyl groups is 1. The first kappa shape index (κ1) is 14.7. The van der Waals surface area contributed by atoms with Gasteiger partial charge in [0.05, 0.1) is 16.9 Å². The summed E-state index contributed by atoms with van der Waals surface area (Å²) in [4.78, 5) is 12.0. The summed E-state index contributed by atoms with van der Waals surface area (Å²) in [6, 6.07) is 0. The van der Waals surface area contributed by atoms with Gasteiger partial charge >= 0.3 is 0 Å². The lowest BCUT2D eigenvalue weighted by molar-refractivity contribution is 0.0142. The van der Waals surface area contributed by atoms with Crippen LogP contribution in [0.2, 0.25) is 0 Å². The molecule has 0 aliphatic heterocycles. The normalized spacial score (nSPS) is 14.6. The summed E-state index contributed by atoms with van der Waals surface area (Å²) in [5, 5.41) is 17.1. The van der Waals surface area contributed by atoms with Gasteiger partial charge in [-0.05, 0) is 19.3 Å². The summed E-state index contributed by atoms with van der Waals surface area (Å²) in [6.07, 6.45) is 2.42. The molecule has 0 saturated carbocycles. The Morgan fingerprint density at radius 2 is 2.22 bits per heavy atom. The van der Waals surface area contributed by atoms with Crippen LogP contribution in [0.5, 0.6) is 0 Å². The molecule has 1 aromatic rings. The van der Waals surface area contributed by atoms with E-state index in [1.807, 2.05) is 20.8 Å². The van der Waals surface area contributed by atoms with Crippen LogP contribution < -0.4 is 5.32 Å². The lowest BCUT2D eigenvalue weighted by Gasteiger charge is -2.27. The molecule has 102 valence electrons. The van der Waals surface area contributed by atoms with Gasteiger partial charge in [0.15, 0.2) is 0 Å². The minimum atomic E-state index is -0.899. The first-order valence-corrected chi connectivity index (χ1v) is 6.31. The molecule has 1 amide bonds. The molecule has 1 atom stereocenters. The number of hydrogen-bond donors (Lipinski definition) is 2. The Labute approximate surface area is 108 Å². The fraction of sp³-hybridized carbons (Fsp3) is 0.692. The van der Waals surface area contributed by atoms with Gasteiger partial charge in [-0.2, -0.15) is 5.10 Å². The van der Waals surface area contributed by atoms with E-state index < -0.39 is 5.60 Å². The maximum Gasteiger partial charge on any atom is 0.254 e. The Balaban J connectivity index is 2.71. The number of nitrogens with zero attached hydrogens (tertiary/aromatic N) is 2. The number of carbonyl (C=O) groups is 1. The molecule has 1 unspecified atom stereocenters. The number of nitrogens with one attached hydrogen (secondary N) is 1. The number of hydrogen-bond acceptors (Lipinski definition) is 3. The van der Waals surface area contributed by atoms with Crippen LogP contribution in [-0.2, 0) is 13.5 Å². The van der Waals surface area contributed by atoms with E-state index in [-0.39, 0.29) is 18.4 Å². The zero-order valence-electron chi connectivity index (χ0n) is 11.8. The molecule has 2 N–H and O–H groups in total. The summed E-state index contributed by atoms with van der Waals surface area (Å²) in [5.74, 6) is -0.0989. The topological polar surface area (TPSA) is 67.2 Å². The van der Waals surface area contributed by atoms with Crippen molar-refractivity contribution in [3.05, 3.63) is 17.5 Å². The molecule has 0 fully saturated rings. The van der Waals surface area contributed by atoms with Crippen molar-refractivity contribution in [1.82, 2.24) is 15.1 Å². The molecule has 5 heteroatoms. The summed E-state index contributed by atoms with van der Waals surface area (Å²) in [5.41, 5.74) is 0.461. The second kappa shape index (κ2) is 5.52. The number of carbonyl (C=O) groups excluding carboxylic acids is 1. The zero-order chi connectivity index (χ0) is 13.9. The van der Waals surface area contributed by atoms with Crippen LogP contribution in [0, 0.1) is 5.92 Å². The van der Waals surface area contributed by atoms with Crippen molar-refractivity contribution < 1.29 is 9.90 Å². The average molecular weight is 253 g/mol. The van der Waals surface area contributed by atoms with Crippen LogP contribution in [0.25, 0.3) is 0 Å². The third-order valence-electron chi connectivity index (χ3n) is 3.34. The molecule has 0 spiro atoms. The van der Waals surface area contributed by atoms with E-state index in [0.29, 0.717) is 12.0 Å². The van der Waals surface area contributed by atoms with Crippen molar-refractivity contribution in [3.63, 3.8) is 0 Å². The number of amides is 1. The van der Waals surface area contributed by atoms with E-state index in [1.54, 1.807) is 24.9 Å². The molecule has 1 rings (SSSR count). The lowest BCUT2D eigenvalue weighted by atomic mass is 9.92. The van der Waals surface area contributed by atoms with Gasteiger partial charge in [0, 0.05) is 19.8 Å². The Morgan fingerprint density at radius 3 is 2.72 bits per heavy atom. The highest BCUT2D eigenvalue weighted by molar-refractivity contribution is 5.95. The standard InChI is InChI=1S/C13H23N3O2/c1-6-11-10(7-16(5)15-11)12(17)14-8-13(4,18)9(2)3/h7,9,18H,6,8H2,1-5H3,(H,14,17). The van der Waals surface area contributed by atoms with E-state index >= 15 is 0 Å². The van der Waals surface area contributed by atoms with Crippen LogP contribution in [0.3, 0.4) is 0 Å². The molecule has 0 saturated heterocycles. The summed E-state index contributed by atoms with van der Waals surface area (Å²) < 4.78 is 1.63. The molecule has 0 aliphatic rings. The van der Waals surface area contributed by atoms with Crippen LogP contribution in [0.15, 0.2) is 6.20 Å². The summed E-state index contributed by atoms with van der Waals surface area (Å²) >= 11 is 0. The highest BCUT2D eigenvalue weighted by atomic mass is 16.3. The zero-order valence-corrected chi connectivity index (χ0v) is 11.8. The molecule has 0 aromatic carbocycles. The van der Waals surface area contributed by atoms with Gasteiger partial charge in [-0.3, -0.25) is 9.48 Å². The van der Waals surface area contributed by atoms with E-state index in [0.717, 1.165) is 5.69 Å². The first-order valence-electron chi connectivity index (χ1n) is 6.31. The Hall–Kier alpha value is -1.36. The maximum absolute atomic E-state index is 12.0. The minimum Gasteiger partial charge on any atom is -0.388 e. The molecular formula is C13H23N3O2. The highest BCUT2D eigenvalue weighted by Crippen LogP contribution is 2.15. The predicted molar refractivity (Wildman–Crippen MR) is 70.4 cm³/mol. The van der Waals surface area contributed by atoms with Crippen molar-refractivity contribution in [2.75, 3.05) is 6.54 Å². The van der Waals surface area contributed by atoms with Gasteiger partial charge < -0.3 is 10.4 Å². The van der Waals surface area contributed by atoms with Gasteiger partial charge in [-0.1, -0.05) is 20.8 Å². The first-order chi connectivity index (χ1) is 8.27. The summed E-state index contributed by atoms with van der Waals surface area (Å²) in [7, 11) is 1.79. The number of rotatable bonds is 5. The highest BCUT2D eigenvalue weighted by Gasteiger charge is 2.26. The van der Waals surface area contributed by atoms with Crippen molar-refractivity contribution in [3.8, 4) is 0 Å². The second-order valence-electron chi connectivity index (χ2n) is 5.21.